The Hall–Kier alpha value is -2.35. The second kappa shape index (κ2) is 21.7. The molecule has 0 fully saturated rings. The fraction of sp³-hybridized carbons (Fsp3) is 0.533. The lowest BCUT2D eigenvalue weighted by Crippen LogP contribution is -2.08. The second-order valence-corrected chi connectivity index (χ2v) is 9.27. The lowest BCUT2D eigenvalue weighted by atomic mass is 10.1. The number of hydrogen-bond donors (Lipinski definition) is 0. The van der Waals surface area contributed by atoms with Crippen molar-refractivity contribution in [1.82, 2.24) is 9.61 Å². The van der Waals surface area contributed by atoms with Crippen molar-refractivity contribution in [2.45, 2.75) is 77.2 Å². The van der Waals surface area contributed by atoms with Gasteiger partial charge in [-0.15, -0.1) is 11.8 Å². The number of fused-ring (bicyclic) bond motifs is 1. The number of methoxy groups -OCH3 is 3. The van der Waals surface area contributed by atoms with E-state index in [1.807, 2.05) is 24.4 Å². The molecule has 0 saturated heterocycles. The number of nitrogens with zero attached hydrogens (tertiary/aromatic N) is 2. The van der Waals surface area contributed by atoms with E-state index in [0.717, 1.165) is 16.6 Å². The third kappa shape index (κ3) is 13.1. The van der Waals surface area contributed by atoms with Crippen molar-refractivity contribution in [2.24, 2.45) is 0 Å². The first-order valence-electron chi connectivity index (χ1n) is 13.0. The Morgan fingerprint density at radius 3 is 2.11 bits per heavy atom. The van der Waals surface area contributed by atoms with Gasteiger partial charge in [-0.05, 0) is 48.4 Å². The Balaban J connectivity index is 0.000000721. The summed E-state index contributed by atoms with van der Waals surface area (Å²) < 4.78 is 16.0. The summed E-state index contributed by atoms with van der Waals surface area (Å²) in [6, 6.07) is 12.4. The van der Waals surface area contributed by atoms with E-state index in [1.54, 1.807) is 43.8 Å². The molecule has 208 valence electrons. The van der Waals surface area contributed by atoms with Gasteiger partial charge in [0, 0.05) is 38.0 Å². The summed E-state index contributed by atoms with van der Waals surface area (Å²) in [6.45, 7) is 8.64. The van der Waals surface area contributed by atoms with Crippen LogP contribution in [0.5, 0.6) is 0 Å². The van der Waals surface area contributed by atoms with E-state index < -0.39 is 0 Å². The number of esters is 1. The summed E-state index contributed by atoms with van der Waals surface area (Å²) in [5.41, 5.74) is 4.10. The van der Waals surface area contributed by atoms with Gasteiger partial charge in [0.05, 0.1) is 31.3 Å². The monoisotopic (exact) mass is 532 g/mol. The third-order valence-corrected chi connectivity index (χ3v) is 5.93. The maximum Gasteiger partial charge on any atom is 0.310 e. The van der Waals surface area contributed by atoms with Gasteiger partial charge in [-0.2, -0.15) is 5.10 Å². The second-order valence-electron chi connectivity index (χ2n) is 8.42. The molecule has 0 bridgehead atoms. The van der Waals surface area contributed by atoms with Crippen LogP contribution >= 0.6 is 11.8 Å². The molecule has 1 aromatic carbocycles. The Labute approximate surface area is 229 Å². The highest BCUT2D eigenvalue weighted by Crippen LogP contribution is 2.31. The number of hydrogen-bond acceptors (Lipinski definition) is 6. The molecule has 0 aliphatic carbocycles. The van der Waals surface area contributed by atoms with Crippen molar-refractivity contribution >= 4 is 23.2 Å². The molecule has 3 aromatic rings. The van der Waals surface area contributed by atoms with E-state index in [4.69, 9.17) is 9.47 Å². The first-order chi connectivity index (χ1) is 17.9. The lowest BCUT2D eigenvalue weighted by molar-refractivity contribution is -0.139. The number of ether oxygens (including phenoxy) is 3. The zero-order chi connectivity index (χ0) is 28.1. The minimum atomic E-state index is -0.259. The Morgan fingerprint density at radius 2 is 1.59 bits per heavy atom. The molecule has 0 spiro atoms. The fourth-order valence-corrected chi connectivity index (χ4v) is 4.09. The normalized spacial score (nSPS) is 10.0. The molecule has 2 aromatic heterocycles. The number of thioether (sulfide) groups is 1. The standard InChI is InChI=1S/C17H16N2O2S.C8H18O.C3H8.C2H6O/c1-21-17(20)10-13-11-18-19-8-7-12(9-15(13)19)14-5-3-4-6-16(14)22-2;1-4-6-8(9-3)7-5-2;2*1-3-2/h3-9,11H,10H2,1-2H3;8H,4-7H2,1-3H3;3H2,1-2H3;1-2H3. The molecule has 37 heavy (non-hydrogen) atoms. The summed E-state index contributed by atoms with van der Waals surface area (Å²) in [6.07, 6.45) is 12.6. The van der Waals surface area contributed by atoms with Crippen LogP contribution in [0.25, 0.3) is 16.6 Å². The van der Waals surface area contributed by atoms with Crippen LogP contribution in [0.2, 0.25) is 0 Å². The van der Waals surface area contributed by atoms with Gasteiger partial charge in [0.25, 0.3) is 0 Å². The highest BCUT2D eigenvalue weighted by molar-refractivity contribution is 7.98. The van der Waals surface area contributed by atoms with Crippen molar-refractivity contribution in [1.29, 1.82) is 0 Å². The van der Waals surface area contributed by atoms with E-state index in [9.17, 15) is 4.79 Å². The average molecular weight is 533 g/mol. The predicted molar refractivity (Wildman–Crippen MR) is 158 cm³/mol. The summed E-state index contributed by atoms with van der Waals surface area (Å²) in [7, 11) is 6.45. The zero-order valence-corrected chi connectivity index (χ0v) is 25.2. The Bertz CT molecular complexity index is 983. The molecule has 3 rings (SSSR count). The van der Waals surface area contributed by atoms with Gasteiger partial charge in [-0.25, -0.2) is 4.52 Å². The first-order valence-corrected chi connectivity index (χ1v) is 14.2. The van der Waals surface area contributed by atoms with Crippen LogP contribution in [0.1, 0.15) is 65.4 Å². The molecule has 0 aliphatic rings. The van der Waals surface area contributed by atoms with Gasteiger partial charge in [0.1, 0.15) is 0 Å². The first kappa shape index (κ1) is 34.6. The largest absolute Gasteiger partial charge is 0.469 e. The van der Waals surface area contributed by atoms with E-state index in [0.29, 0.717) is 6.10 Å². The van der Waals surface area contributed by atoms with Gasteiger partial charge in [-0.3, -0.25) is 4.79 Å². The summed E-state index contributed by atoms with van der Waals surface area (Å²) in [5.74, 6) is -0.259. The van der Waals surface area contributed by atoms with Gasteiger partial charge in [0.15, 0.2) is 0 Å². The number of carbonyl (C=O) groups is 1. The van der Waals surface area contributed by atoms with Crippen LogP contribution in [-0.4, -0.2) is 56.4 Å². The lowest BCUT2D eigenvalue weighted by Gasteiger charge is -2.11. The van der Waals surface area contributed by atoms with Crippen LogP contribution in [0.4, 0.5) is 0 Å². The van der Waals surface area contributed by atoms with Crippen molar-refractivity contribution in [3.05, 3.63) is 54.4 Å². The summed E-state index contributed by atoms with van der Waals surface area (Å²) >= 11 is 1.72. The number of carbonyl (C=O) groups excluding carboxylic acids is 1. The van der Waals surface area contributed by atoms with Crippen LogP contribution < -0.4 is 0 Å². The van der Waals surface area contributed by atoms with Gasteiger partial charge < -0.3 is 14.2 Å². The molecular formula is C30H48N2O4S. The molecule has 0 unspecified atom stereocenters. The Kier molecular flexibility index (Phi) is 20.3. The highest BCUT2D eigenvalue weighted by atomic mass is 32.2. The van der Waals surface area contributed by atoms with E-state index in [1.165, 1.54) is 49.7 Å². The van der Waals surface area contributed by atoms with Crippen LogP contribution in [-0.2, 0) is 25.4 Å². The number of aromatic nitrogens is 2. The van der Waals surface area contributed by atoms with E-state index in [-0.39, 0.29) is 12.4 Å². The van der Waals surface area contributed by atoms with Gasteiger partial charge in [-0.1, -0.05) is 65.2 Å². The molecular weight excluding hydrogens is 484 g/mol. The number of pyridine rings is 1. The number of rotatable bonds is 9. The van der Waals surface area contributed by atoms with Crippen LogP contribution in [0.15, 0.2) is 53.7 Å². The molecule has 2 heterocycles. The Morgan fingerprint density at radius 1 is 1.00 bits per heavy atom. The van der Waals surface area contributed by atoms with Crippen LogP contribution in [0, 0.1) is 0 Å². The summed E-state index contributed by atoms with van der Waals surface area (Å²) in [4.78, 5) is 12.7. The molecule has 0 N–H and O–H groups in total. The zero-order valence-electron chi connectivity index (χ0n) is 24.4. The van der Waals surface area contributed by atoms with E-state index in [2.05, 4.69) is 62.0 Å². The van der Waals surface area contributed by atoms with Crippen molar-refractivity contribution < 1.29 is 19.0 Å². The minimum absolute atomic E-state index is 0.230. The molecule has 7 heteroatoms. The van der Waals surface area contributed by atoms with Gasteiger partial charge in [0.2, 0.25) is 0 Å². The highest BCUT2D eigenvalue weighted by Gasteiger charge is 2.11. The summed E-state index contributed by atoms with van der Waals surface area (Å²) in [5, 5.41) is 4.29. The maximum atomic E-state index is 11.5. The van der Waals surface area contributed by atoms with E-state index >= 15 is 0 Å². The quantitative estimate of drug-likeness (QED) is 0.208. The molecule has 0 saturated carbocycles. The molecule has 0 radical (unpaired) electrons. The molecule has 0 aliphatic heterocycles. The third-order valence-electron chi connectivity index (χ3n) is 5.14. The van der Waals surface area contributed by atoms with Crippen LogP contribution in [0.3, 0.4) is 0 Å². The predicted octanol–water partition coefficient (Wildman–Crippen LogP) is 7.72. The smallest absolute Gasteiger partial charge is 0.310 e. The SMILES string of the molecule is CCC.CCCC(CCC)OC.COC.COC(=O)Cc1cnn2ccc(-c3ccccc3SC)cc12. The van der Waals surface area contributed by atoms with Crippen molar-refractivity contribution in [3.63, 3.8) is 0 Å². The fourth-order valence-electron chi connectivity index (χ4n) is 3.47. The topological polar surface area (TPSA) is 62.1 Å². The van der Waals surface area contributed by atoms with Crippen molar-refractivity contribution in [3.8, 4) is 11.1 Å². The average Bonchev–Trinajstić information content (AvgIpc) is 3.31. The molecule has 0 atom stereocenters. The number of benzene rings is 1. The van der Waals surface area contributed by atoms with Crippen molar-refractivity contribution in [2.75, 3.05) is 34.7 Å². The maximum absolute atomic E-state index is 11.5. The van der Waals surface area contributed by atoms with Gasteiger partial charge >= 0.3 is 5.97 Å². The molecule has 0 amide bonds. The molecule has 6 nitrogen and oxygen atoms in total. The minimum Gasteiger partial charge on any atom is -0.469 e.